The average molecular weight is 265 g/mol. The minimum atomic E-state index is -0.285. The van der Waals surface area contributed by atoms with E-state index < -0.39 is 0 Å². The first-order chi connectivity index (χ1) is 8.66. The maximum absolute atomic E-state index is 13.1. The van der Waals surface area contributed by atoms with E-state index in [4.69, 9.17) is 10.5 Å². The second-order valence-corrected chi connectivity index (χ2v) is 4.98. The first kappa shape index (κ1) is 13.1. The highest BCUT2D eigenvalue weighted by Gasteiger charge is 2.09. The summed E-state index contributed by atoms with van der Waals surface area (Å²) >= 11 is 1.67. The summed E-state index contributed by atoms with van der Waals surface area (Å²) in [4.78, 5) is 0. The Morgan fingerprint density at radius 3 is 2.89 bits per heavy atom. The minimum Gasteiger partial charge on any atom is -0.493 e. The Morgan fingerprint density at radius 1 is 1.39 bits per heavy atom. The van der Waals surface area contributed by atoms with Crippen molar-refractivity contribution in [1.29, 1.82) is 0 Å². The van der Waals surface area contributed by atoms with E-state index in [2.05, 4.69) is 11.4 Å². The van der Waals surface area contributed by atoms with E-state index >= 15 is 0 Å². The highest BCUT2D eigenvalue weighted by atomic mass is 32.1. The molecule has 2 N–H and O–H groups in total. The predicted octanol–water partition coefficient (Wildman–Crippen LogP) is 3.53. The van der Waals surface area contributed by atoms with Gasteiger partial charge in [-0.05, 0) is 47.5 Å². The second-order valence-electron chi connectivity index (χ2n) is 4.20. The Kier molecular flexibility index (Phi) is 4.33. The lowest BCUT2D eigenvalue weighted by Crippen LogP contribution is -2.10. The molecule has 1 heterocycles. The van der Waals surface area contributed by atoms with Crippen LogP contribution < -0.4 is 10.5 Å². The zero-order chi connectivity index (χ0) is 13.0. The number of thiophene rings is 1. The molecule has 96 valence electrons. The van der Waals surface area contributed by atoms with Crippen LogP contribution in [0.1, 0.15) is 24.1 Å². The Balaban J connectivity index is 2.00. The number of benzene rings is 1. The first-order valence-corrected chi connectivity index (χ1v) is 6.80. The molecule has 0 aliphatic heterocycles. The van der Waals surface area contributed by atoms with Gasteiger partial charge in [-0.3, -0.25) is 0 Å². The van der Waals surface area contributed by atoms with Gasteiger partial charge in [-0.15, -0.1) is 0 Å². The highest BCUT2D eigenvalue weighted by molar-refractivity contribution is 7.07. The fraction of sp³-hybridized carbons (Fsp3) is 0.286. The molecule has 0 spiro atoms. The van der Waals surface area contributed by atoms with Crippen LogP contribution in [0.5, 0.6) is 5.75 Å². The number of hydrogen-bond donors (Lipinski definition) is 1. The third-order valence-corrected chi connectivity index (χ3v) is 3.42. The lowest BCUT2D eigenvalue weighted by Gasteiger charge is -2.13. The van der Waals surface area contributed by atoms with E-state index in [1.807, 2.05) is 12.3 Å². The van der Waals surface area contributed by atoms with Crippen LogP contribution in [0.15, 0.2) is 35.0 Å². The number of rotatable bonds is 5. The quantitative estimate of drug-likeness (QED) is 0.897. The summed E-state index contributed by atoms with van der Waals surface area (Å²) in [7, 11) is 0. The van der Waals surface area contributed by atoms with Crippen molar-refractivity contribution in [3.63, 3.8) is 0 Å². The van der Waals surface area contributed by atoms with Crippen LogP contribution >= 0.6 is 11.3 Å². The summed E-state index contributed by atoms with van der Waals surface area (Å²) in [6.45, 7) is 2.39. The van der Waals surface area contributed by atoms with Crippen molar-refractivity contribution in [2.75, 3.05) is 6.61 Å². The van der Waals surface area contributed by atoms with Crippen molar-refractivity contribution in [3.8, 4) is 5.75 Å². The van der Waals surface area contributed by atoms with Crippen molar-refractivity contribution in [3.05, 3.63) is 52.0 Å². The smallest absolute Gasteiger partial charge is 0.124 e. The van der Waals surface area contributed by atoms with Crippen LogP contribution in [0.4, 0.5) is 4.39 Å². The summed E-state index contributed by atoms with van der Waals surface area (Å²) in [5.41, 5.74) is 7.77. The molecule has 1 aromatic heterocycles. The molecule has 1 atom stereocenters. The van der Waals surface area contributed by atoms with Crippen LogP contribution in [-0.4, -0.2) is 6.61 Å². The second kappa shape index (κ2) is 5.98. The molecule has 0 saturated heterocycles. The monoisotopic (exact) mass is 265 g/mol. The fourth-order valence-electron chi connectivity index (χ4n) is 1.72. The van der Waals surface area contributed by atoms with Crippen LogP contribution in [0, 0.1) is 5.82 Å². The van der Waals surface area contributed by atoms with Crippen LogP contribution in [0.3, 0.4) is 0 Å². The van der Waals surface area contributed by atoms with Crippen LogP contribution in [0.25, 0.3) is 0 Å². The van der Waals surface area contributed by atoms with Gasteiger partial charge in [-0.2, -0.15) is 11.3 Å². The van der Waals surface area contributed by atoms with Crippen molar-refractivity contribution in [2.24, 2.45) is 5.73 Å². The number of hydrogen-bond acceptors (Lipinski definition) is 3. The van der Waals surface area contributed by atoms with Crippen LogP contribution in [-0.2, 0) is 6.42 Å². The molecular formula is C14H16FNOS. The SMILES string of the molecule is C[C@H](N)c1cc(F)ccc1OCCc1ccsc1. The lowest BCUT2D eigenvalue weighted by atomic mass is 10.1. The zero-order valence-electron chi connectivity index (χ0n) is 10.2. The lowest BCUT2D eigenvalue weighted by molar-refractivity contribution is 0.316. The van der Waals surface area contributed by atoms with Gasteiger partial charge in [0.05, 0.1) is 6.61 Å². The van der Waals surface area contributed by atoms with Crippen molar-refractivity contribution in [1.82, 2.24) is 0 Å². The molecule has 0 amide bonds. The topological polar surface area (TPSA) is 35.2 Å². The number of ether oxygens (including phenoxy) is 1. The Hall–Kier alpha value is -1.39. The summed E-state index contributed by atoms with van der Waals surface area (Å²) in [5, 5.41) is 4.14. The largest absolute Gasteiger partial charge is 0.493 e. The summed E-state index contributed by atoms with van der Waals surface area (Å²) in [6.07, 6.45) is 0.846. The molecule has 2 aromatic rings. The molecule has 0 aliphatic carbocycles. The third kappa shape index (κ3) is 3.31. The molecule has 0 saturated carbocycles. The number of halogens is 1. The molecule has 0 radical (unpaired) electrons. The van der Waals surface area contributed by atoms with E-state index in [9.17, 15) is 4.39 Å². The Morgan fingerprint density at radius 2 is 2.22 bits per heavy atom. The zero-order valence-corrected chi connectivity index (χ0v) is 11.0. The molecular weight excluding hydrogens is 249 g/mol. The summed E-state index contributed by atoms with van der Waals surface area (Å²) < 4.78 is 18.8. The highest BCUT2D eigenvalue weighted by Crippen LogP contribution is 2.24. The van der Waals surface area contributed by atoms with E-state index in [0.29, 0.717) is 17.9 Å². The van der Waals surface area contributed by atoms with E-state index in [1.54, 1.807) is 17.4 Å². The maximum atomic E-state index is 13.1. The molecule has 0 bridgehead atoms. The van der Waals surface area contributed by atoms with Gasteiger partial charge in [0.15, 0.2) is 0 Å². The van der Waals surface area contributed by atoms with E-state index in [-0.39, 0.29) is 11.9 Å². The Bertz CT molecular complexity index is 497. The van der Waals surface area contributed by atoms with E-state index in [1.165, 1.54) is 17.7 Å². The molecule has 0 unspecified atom stereocenters. The molecule has 1 aromatic carbocycles. The van der Waals surface area contributed by atoms with Gasteiger partial charge >= 0.3 is 0 Å². The van der Waals surface area contributed by atoms with Gasteiger partial charge in [0.2, 0.25) is 0 Å². The van der Waals surface area contributed by atoms with Crippen molar-refractivity contribution in [2.45, 2.75) is 19.4 Å². The summed E-state index contributed by atoms with van der Waals surface area (Å²) in [6, 6.07) is 6.31. The van der Waals surface area contributed by atoms with Gasteiger partial charge in [0, 0.05) is 18.0 Å². The maximum Gasteiger partial charge on any atom is 0.124 e. The molecule has 0 aliphatic rings. The third-order valence-electron chi connectivity index (χ3n) is 2.69. The molecule has 2 nitrogen and oxygen atoms in total. The van der Waals surface area contributed by atoms with Crippen molar-refractivity contribution < 1.29 is 9.13 Å². The number of nitrogens with two attached hydrogens (primary N) is 1. The van der Waals surface area contributed by atoms with Crippen molar-refractivity contribution >= 4 is 11.3 Å². The van der Waals surface area contributed by atoms with Gasteiger partial charge in [0.1, 0.15) is 11.6 Å². The predicted molar refractivity (Wildman–Crippen MR) is 72.5 cm³/mol. The van der Waals surface area contributed by atoms with Gasteiger partial charge in [-0.1, -0.05) is 0 Å². The molecule has 2 rings (SSSR count). The van der Waals surface area contributed by atoms with Gasteiger partial charge < -0.3 is 10.5 Å². The van der Waals surface area contributed by atoms with Gasteiger partial charge in [-0.25, -0.2) is 4.39 Å². The average Bonchev–Trinajstić information content (AvgIpc) is 2.84. The Labute approximate surface area is 110 Å². The molecule has 4 heteroatoms. The van der Waals surface area contributed by atoms with E-state index in [0.717, 1.165) is 6.42 Å². The molecule has 18 heavy (non-hydrogen) atoms. The fourth-order valence-corrected chi connectivity index (χ4v) is 2.42. The standard InChI is InChI=1S/C14H16FNOS/c1-10(16)13-8-12(15)2-3-14(13)17-6-4-11-5-7-18-9-11/h2-3,5,7-10H,4,6,16H2,1H3/t10-/m0/s1. The molecule has 0 fully saturated rings. The summed E-state index contributed by atoms with van der Waals surface area (Å²) in [5.74, 6) is 0.383. The first-order valence-electron chi connectivity index (χ1n) is 5.85. The minimum absolute atomic E-state index is 0.239. The van der Waals surface area contributed by atoms with Gasteiger partial charge in [0.25, 0.3) is 0 Å². The van der Waals surface area contributed by atoms with Crippen LogP contribution in [0.2, 0.25) is 0 Å². The normalized spacial score (nSPS) is 12.4.